The molecular weight excluding hydrogens is 927 g/mol. The molecule has 11 atom stereocenters. The van der Waals surface area contributed by atoms with E-state index in [2.05, 4.69) is 54.2 Å². The second-order valence-corrected chi connectivity index (χ2v) is 22.5. The molecule has 11 heteroatoms. The van der Waals surface area contributed by atoms with E-state index in [0.717, 1.165) is 59.1 Å². The molecule has 1 spiro atoms. The van der Waals surface area contributed by atoms with Gasteiger partial charge in [-0.3, -0.25) is 14.9 Å². The number of hydrogen-bond donors (Lipinski definition) is 8. The summed E-state index contributed by atoms with van der Waals surface area (Å²) in [5, 5.41) is 67.2. The minimum absolute atomic E-state index is 0.0157. The standard InChI is InChI=1S/C63H77N3O8/c1-39-11-4-5-30-74-38-47(18-7-14-40(2)13-6-12-39)56-46-19-10-28-62(73)29-27-51-41(3)54(69)35-45-17-9-20-52-57(45)58(61(72)66-60(52)64)65-37-55(70)48(32-42-21-23-49(67)24-22-42)33-43-15-8-16-44(31-43)34-50(68)25-26-53(51)63(62,36-46)59(56)71/h7-9,12,14-18,20-24,31,46,48,50,53,55-56,58-60,65,67-68,70-71,73H,2,6,10-11,13,19,25-30,32-38,64H2,1,3H3,(H,66,72)/b14-7+,39-12+,47-18-,51-41?/t46-,48-,50+,53-,55-,56-,58-,59-,60-,62-,63-/m1/s1. The quantitative estimate of drug-likeness (QED) is 0.0937. The van der Waals surface area contributed by atoms with Crippen LogP contribution in [0.25, 0.3) is 0 Å². The first-order chi connectivity index (χ1) is 35.6. The van der Waals surface area contributed by atoms with Gasteiger partial charge >= 0.3 is 0 Å². The number of phenolic OH excluding ortho intramolecular Hbond substituents is 1. The van der Waals surface area contributed by atoms with Crippen LogP contribution in [-0.2, 0) is 40.0 Å². The van der Waals surface area contributed by atoms with Gasteiger partial charge in [0.25, 0.3) is 0 Å². The Kier molecular flexibility index (Phi) is 16.8. The van der Waals surface area contributed by atoms with Crippen LogP contribution in [0.5, 0.6) is 5.75 Å². The number of nitrogens with two attached hydrogens (primary N) is 1. The average Bonchev–Trinajstić information content (AvgIpc) is 3.60. The molecule has 1 amide bonds. The molecular formula is C63H77N3O8. The summed E-state index contributed by atoms with van der Waals surface area (Å²) in [5.74, 6) is 5.08. The monoisotopic (exact) mass is 1000 g/mol. The van der Waals surface area contributed by atoms with Crippen molar-refractivity contribution in [2.45, 2.75) is 146 Å². The summed E-state index contributed by atoms with van der Waals surface area (Å²) in [6.07, 6.45) is 13.0. The predicted molar refractivity (Wildman–Crippen MR) is 288 cm³/mol. The summed E-state index contributed by atoms with van der Waals surface area (Å²) < 4.78 is 6.29. The number of carbonyl (C=O) groups excluding carboxylic acids is 2. The third kappa shape index (κ3) is 11.4. The molecule has 3 heterocycles. The number of amides is 1. The van der Waals surface area contributed by atoms with Gasteiger partial charge in [-0.05, 0) is 165 Å². The number of hydrogen-bond acceptors (Lipinski definition) is 10. The number of fused-ring (bicyclic) bond motifs is 4. The second-order valence-electron chi connectivity index (χ2n) is 22.5. The van der Waals surface area contributed by atoms with E-state index in [-0.39, 0.29) is 61.4 Å². The van der Waals surface area contributed by atoms with Gasteiger partial charge in [0.05, 0.1) is 30.5 Å². The predicted octanol–water partition coefficient (Wildman–Crippen LogP) is 8.20. The van der Waals surface area contributed by atoms with Gasteiger partial charge in [-0.25, -0.2) is 0 Å². The molecule has 0 saturated heterocycles. The lowest BCUT2D eigenvalue weighted by Gasteiger charge is -2.57. The highest BCUT2D eigenvalue weighted by Crippen LogP contribution is 2.68. The summed E-state index contributed by atoms with van der Waals surface area (Å²) in [4.78, 5) is 29.2. The van der Waals surface area contributed by atoms with Crippen molar-refractivity contribution < 1.29 is 39.9 Å². The molecule has 6 aliphatic rings. The lowest BCUT2D eigenvalue weighted by Crippen LogP contribution is -2.61. The van der Waals surface area contributed by atoms with Gasteiger partial charge < -0.3 is 41.3 Å². The molecule has 3 aliphatic carbocycles. The molecule has 4 bridgehead atoms. The molecule has 9 N–H and O–H groups in total. The Bertz CT molecular complexity index is 2760. The summed E-state index contributed by atoms with van der Waals surface area (Å²) in [6, 6.07) is 19.8. The number of aromatic hydroxyl groups is 1. The minimum atomic E-state index is -1.23. The van der Waals surface area contributed by atoms with Crippen LogP contribution in [-0.4, -0.2) is 80.9 Å². The van der Waals surface area contributed by atoms with Crippen LogP contribution in [0.4, 0.5) is 0 Å². The smallest absolute Gasteiger partial charge is 0.243 e. The summed E-state index contributed by atoms with van der Waals surface area (Å²) >= 11 is 0. The number of Topliss-reactive ketones (excluding diaryl/α,β-unsaturated/α-hetero) is 1. The molecule has 0 unspecified atom stereocenters. The zero-order valence-corrected chi connectivity index (χ0v) is 43.3. The van der Waals surface area contributed by atoms with Gasteiger partial charge in [0, 0.05) is 30.7 Å². The van der Waals surface area contributed by atoms with Gasteiger partial charge in [-0.2, -0.15) is 0 Å². The number of benzene rings is 3. The number of ether oxygens (including phenoxy) is 1. The van der Waals surface area contributed by atoms with E-state index < -0.39 is 47.5 Å². The Hall–Kier alpha value is -5.42. The van der Waals surface area contributed by atoms with E-state index in [9.17, 15) is 30.3 Å². The first-order valence-corrected chi connectivity index (χ1v) is 27.1. The van der Waals surface area contributed by atoms with Crippen LogP contribution < -0.4 is 16.4 Å². The van der Waals surface area contributed by atoms with Gasteiger partial charge in [-0.15, -0.1) is 0 Å². The lowest BCUT2D eigenvalue weighted by atomic mass is 9.51. The number of phenols is 1. The second kappa shape index (κ2) is 23.2. The van der Waals surface area contributed by atoms with Crippen LogP contribution in [0.15, 0.2) is 125 Å². The number of allylic oxidation sites excluding steroid dienone is 8. The number of aliphatic hydroxyl groups excluding tert-OH is 3. The van der Waals surface area contributed by atoms with Gasteiger partial charge in [0.15, 0.2) is 5.78 Å². The third-order valence-corrected chi connectivity index (χ3v) is 17.7. The van der Waals surface area contributed by atoms with Crippen molar-refractivity contribution in [1.29, 1.82) is 0 Å². The Morgan fingerprint density at radius 1 is 0.932 bits per heavy atom. The molecule has 392 valence electrons. The van der Waals surface area contributed by atoms with E-state index in [4.69, 9.17) is 10.5 Å². The van der Waals surface area contributed by atoms with Gasteiger partial charge in [-0.1, -0.05) is 120 Å². The van der Waals surface area contributed by atoms with E-state index in [1.807, 2.05) is 67.6 Å². The molecule has 74 heavy (non-hydrogen) atoms. The molecule has 3 fully saturated rings. The van der Waals surface area contributed by atoms with Crippen molar-refractivity contribution in [3.63, 3.8) is 0 Å². The first kappa shape index (κ1) is 53.4. The Morgan fingerprint density at radius 3 is 2.53 bits per heavy atom. The topological polar surface area (TPSA) is 195 Å². The maximum absolute atomic E-state index is 15.2. The average molecular weight is 1000 g/mol. The zero-order chi connectivity index (χ0) is 52.1. The number of ketones is 1. The van der Waals surface area contributed by atoms with E-state index >= 15 is 4.79 Å². The van der Waals surface area contributed by atoms with E-state index in [1.165, 1.54) is 5.57 Å². The van der Waals surface area contributed by atoms with Crippen molar-refractivity contribution in [2.24, 2.45) is 34.8 Å². The van der Waals surface area contributed by atoms with Gasteiger partial charge in [0.2, 0.25) is 5.91 Å². The third-order valence-electron chi connectivity index (χ3n) is 17.7. The Morgan fingerprint density at radius 2 is 1.72 bits per heavy atom. The van der Waals surface area contributed by atoms with Crippen LogP contribution in [0.3, 0.4) is 0 Å². The maximum Gasteiger partial charge on any atom is 0.243 e. The molecule has 0 radical (unpaired) electrons. The summed E-state index contributed by atoms with van der Waals surface area (Å²) in [6.45, 7) is 8.88. The molecule has 11 nitrogen and oxygen atoms in total. The van der Waals surface area contributed by atoms with Crippen LogP contribution in [0, 0.1) is 40.9 Å². The van der Waals surface area contributed by atoms with Gasteiger partial charge in [0.1, 0.15) is 24.6 Å². The number of carbonyl (C=O) groups is 2. The van der Waals surface area contributed by atoms with E-state index in [0.29, 0.717) is 86.5 Å². The fourth-order valence-electron chi connectivity index (χ4n) is 14.0. The number of nitrogens with one attached hydrogen (secondary N) is 2. The van der Waals surface area contributed by atoms with E-state index in [1.54, 1.807) is 12.1 Å². The van der Waals surface area contributed by atoms with Crippen molar-refractivity contribution in [1.82, 2.24) is 10.6 Å². The number of β-amino-alcohol motifs (C(OH)–C–C–N with tert-alkyl or cyclic N) is 1. The Labute approximate surface area is 437 Å². The molecule has 3 aromatic carbocycles. The van der Waals surface area contributed by atoms with Crippen molar-refractivity contribution in [2.75, 3.05) is 19.8 Å². The fraction of sp³-hybridized carbons (Fsp3) is 0.492. The molecule has 3 aliphatic heterocycles. The van der Waals surface area contributed by atoms with Crippen molar-refractivity contribution in [3.05, 3.63) is 159 Å². The SMILES string of the molecule is C=C1/C=C/C=C(\[C@H]2[C@@H]3CCC[C@@]4(O)CCC5=C(C)C(=O)Cc6cccc7c6[C@@H](NC[C@@H](O)[C@H](Cc6ccc(O)cc6)Cc6cccc(c6)C[C@@H](O)CC[C@H]5[C@]4(C3)[C@@H]2O)C(=O)N[C@H]7N)COCC#CC/C(C)=C/CC1. The highest BCUT2D eigenvalue weighted by Gasteiger charge is 2.69. The summed E-state index contributed by atoms with van der Waals surface area (Å²) in [5.41, 5.74) is 13.9. The lowest BCUT2D eigenvalue weighted by molar-refractivity contribution is -0.181. The zero-order valence-electron chi connectivity index (χ0n) is 43.3. The van der Waals surface area contributed by atoms with Crippen LogP contribution in [0.1, 0.15) is 130 Å². The highest BCUT2D eigenvalue weighted by molar-refractivity contribution is 5.98. The largest absolute Gasteiger partial charge is 0.508 e. The normalized spacial score (nSPS) is 34.5. The summed E-state index contributed by atoms with van der Waals surface area (Å²) in [7, 11) is 0. The Balaban J connectivity index is 1.12. The van der Waals surface area contributed by atoms with Crippen molar-refractivity contribution >= 4 is 11.7 Å². The number of rotatable bonds is 3. The highest BCUT2D eigenvalue weighted by atomic mass is 16.5. The fourth-order valence-corrected chi connectivity index (χ4v) is 14.0. The molecule has 9 rings (SSSR count). The maximum atomic E-state index is 15.2. The molecule has 0 aromatic heterocycles. The van der Waals surface area contributed by atoms with Crippen molar-refractivity contribution in [3.8, 4) is 17.6 Å². The first-order valence-electron chi connectivity index (χ1n) is 27.1. The van der Waals surface area contributed by atoms with Crippen LogP contribution >= 0.6 is 0 Å². The molecule has 3 saturated carbocycles. The minimum Gasteiger partial charge on any atom is -0.508 e. The number of aliphatic hydroxyl groups is 4. The molecule has 3 aromatic rings. The van der Waals surface area contributed by atoms with Crippen LogP contribution in [0.2, 0.25) is 0 Å².